The maximum absolute atomic E-state index is 13.3. The van der Waals surface area contributed by atoms with Crippen molar-refractivity contribution in [3.8, 4) is 0 Å². The second kappa shape index (κ2) is 6.97. The number of amides is 1. The number of nitrogens with zero attached hydrogens (tertiary/aromatic N) is 3. The Kier molecular flexibility index (Phi) is 4.76. The normalized spacial score (nSPS) is 11.0. The summed E-state index contributed by atoms with van der Waals surface area (Å²) in [5.41, 5.74) is 1.78. The number of hydrogen-bond acceptors (Lipinski definition) is 3. The summed E-state index contributed by atoms with van der Waals surface area (Å²) in [7, 11) is 0. The first-order chi connectivity index (χ1) is 11.6. The second-order valence-electron chi connectivity index (χ2n) is 5.25. The number of benzene rings is 1. The van der Waals surface area contributed by atoms with Crippen molar-refractivity contribution in [2.24, 2.45) is 0 Å². The molecule has 2 aromatic heterocycles. The molecule has 3 aromatic rings. The van der Waals surface area contributed by atoms with Crippen LogP contribution < -0.4 is 5.32 Å². The average Bonchev–Trinajstić information content (AvgIpc) is 2.94. The minimum absolute atomic E-state index is 0.127. The van der Waals surface area contributed by atoms with Crippen LogP contribution in [0.25, 0.3) is 11.2 Å². The van der Waals surface area contributed by atoms with Gasteiger partial charge in [-0.1, -0.05) is 11.6 Å². The SMILES string of the molecule is CCn1c(CCNC(=O)c2cc(F)ccc2Cl)nc2cccnc21. The van der Waals surface area contributed by atoms with E-state index >= 15 is 0 Å². The third kappa shape index (κ3) is 3.23. The van der Waals surface area contributed by atoms with Gasteiger partial charge in [0.2, 0.25) is 0 Å². The van der Waals surface area contributed by atoms with E-state index in [4.69, 9.17) is 11.6 Å². The highest BCUT2D eigenvalue weighted by Gasteiger charge is 2.13. The van der Waals surface area contributed by atoms with Crippen LogP contribution in [0.5, 0.6) is 0 Å². The molecule has 1 amide bonds. The second-order valence-corrected chi connectivity index (χ2v) is 5.66. The molecule has 3 rings (SSSR count). The largest absolute Gasteiger partial charge is 0.352 e. The van der Waals surface area contributed by atoms with Gasteiger partial charge in [0, 0.05) is 25.7 Å². The number of aryl methyl sites for hydroxylation is 1. The minimum Gasteiger partial charge on any atom is -0.352 e. The molecule has 0 radical (unpaired) electrons. The van der Waals surface area contributed by atoms with Gasteiger partial charge < -0.3 is 9.88 Å². The van der Waals surface area contributed by atoms with E-state index in [-0.39, 0.29) is 10.6 Å². The molecule has 0 atom stereocenters. The Bertz CT molecular complexity index is 893. The molecule has 0 aliphatic rings. The monoisotopic (exact) mass is 346 g/mol. The van der Waals surface area contributed by atoms with Gasteiger partial charge in [-0.15, -0.1) is 0 Å². The summed E-state index contributed by atoms with van der Waals surface area (Å²) in [5.74, 6) is -0.0583. The van der Waals surface area contributed by atoms with E-state index < -0.39 is 11.7 Å². The van der Waals surface area contributed by atoms with Crippen LogP contribution in [0.4, 0.5) is 4.39 Å². The highest BCUT2D eigenvalue weighted by Crippen LogP contribution is 2.17. The lowest BCUT2D eigenvalue weighted by molar-refractivity contribution is 0.0953. The fourth-order valence-corrected chi connectivity index (χ4v) is 2.79. The van der Waals surface area contributed by atoms with Gasteiger partial charge in [0.05, 0.1) is 10.6 Å². The average molecular weight is 347 g/mol. The van der Waals surface area contributed by atoms with Crippen molar-refractivity contribution >= 4 is 28.7 Å². The lowest BCUT2D eigenvalue weighted by Crippen LogP contribution is -2.26. The van der Waals surface area contributed by atoms with Crippen LogP contribution >= 0.6 is 11.6 Å². The predicted octanol–water partition coefficient (Wildman–Crippen LogP) is 3.22. The summed E-state index contributed by atoms with van der Waals surface area (Å²) in [4.78, 5) is 21.0. The maximum atomic E-state index is 13.3. The molecular weight excluding hydrogens is 331 g/mol. The molecule has 7 heteroatoms. The van der Waals surface area contributed by atoms with Crippen molar-refractivity contribution in [2.45, 2.75) is 19.9 Å². The molecule has 1 N–H and O–H groups in total. The van der Waals surface area contributed by atoms with Gasteiger partial charge in [-0.3, -0.25) is 4.79 Å². The molecular formula is C17H16ClFN4O. The number of hydrogen-bond donors (Lipinski definition) is 1. The molecule has 0 bridgehead atoms. The number of pyridine rings is 1. The van der Waals surface area contributed by atoms with Crippen molar-refractivity contribution in [3.63, 3.8) is 0 Å². The van der Waals surface area contributed by atoms with E-state index in [1.54, 1.807) is 6.20 Å². The topological polar surface area (TPSA) is 59.8 Å². The zero-order valence-corrected chi connectivity index (χ0v) is 13.8. The van der Waals surface area contributed by atoms with Crippen LogP contribution in [0.3, 0.4) is 0 Å². The van der Waals surface area contributed by atoms with E-state index in [2.05, 4.69) is 15.3 Å². The number of carbonyl (C=O) groups is 1. The first-order valence-electron chi connectivity index (χ1n) is 7.63. The summed E-state index contributed by atoms with van der Waals surface area (Å²) in [6.45, 7) is 3.13. The molecule has 0 aliphatic carbocycles. The molecule has 0 fully saturated rings. The molecule has 1 aromatic carbocycles. The first-order valence-corrected chi connectivity index (χ1v) is 8.01. The summed E-state index contributed by atoms with van der Waals surface area (Å²) in [6.07, 6.45) is 2.27. The van der Waals surface area contributed by atoms with Crippen LogP contribution in [-0.4, -0.2) is 27.0 Å². The van der Waals surface area contributed by atoms with Crippen molar-refractivity contribution in [1.29, 1.82) is 0 Å². The molecule has 2 heterocycles. The third-order valence-corrected chi connectivity index (χ3v) is 4.04. The van der Waals surface area contributed by atoms with E-state index in [0.29, 0.717) is 13.0 Å². The van der Waals surface area contributed by atoms with Crippen molar-refractivity contribution in [2.75, 3.05) is 6.54 Å². The molecule has 0 saturated carbocycles. The third-order valence-electron chi connectivity index (χ3n) is 3.71. The highest BCUT2D eigenvalue weighted by atomic mass is 35.5. The van der Waals surface area contributed by atoms with Crippen molar-refractivity contribution in [3.05, 3.63) is 58.8 Å². The molecule has 0 unspecified atom stereocenters. The summed E-state index contributed by atoms with van der Waals surface area (Å²) < 4.78 is 15.3. The van der Waals surface area contributed by atoms with E-state index in [1.165, 1.54) is 12.1 Å². The number of fused-ring (bicyclic) bond motifs is 1. The molecule has 5 nitrogen and oxygen atoms in total. The van der Waals surface area contributed by atoms with Gasteiger partial charge in [0.1, 0.15) is 17.2 Å². The summed E-state index contributed by atoms with van der Waals surface area (Å²) in [6, 6.07) is 7.46. The van der Waals surface area contributed by atoms with Crippen LogP contribution in [0.15, 0.2) is 36.5 Å². The number of rotatable bonds is 5. The fourth-order valence-electron chi connectivity index (χ4n) is 2.58. The van der Waals surface area contributed by atoms with E-state index in [0.717, 1.165) is 29.6 Å². The number of halogens is 2. The Morgan fingerprint density at radius 1 is 1.38 bits per heavy atom. The molecule has 24 heavy (non-hydrogen) atoms. The van der Waals surface area contributed by atoms with Crippen LogP contribution in [0, 0.1) is 5.82 Å². The van der Waals surface area contributed by atoms with E-state index in [1.807, 2.05) is 23.6 Å². The molecule has 124 valence electrons. The Morgan fingerprint density at radius 3 is 3.00 bits per heavy atom. The van der Waals surface area contributed by atoms with Crippen molar-refractivity contribution in [1.82, 2.24) is 19.9 Å². The number of carbonyl (C=O) groups excluding carboxylic acids is 1. The molecule has 0 spiro atoms. The lowest BCUT2D eigenvalue weighted by atomic mass is 10.2. The smallest absolute Gasteiger partial charge is 0.252 e. The predicted molar refractivity (Wildman–Crippen MR) is 90.6 cm³/mol. The Balaban J connectivity index is 1.70. The Labute approximate surface area is 143 Å². The van der Waals surface area contributed by atoms with Crippen LogP contribution in [0.1, 0.15) is 23.1 Å². The standard InChI is InChI=1S/C17H16ClFN4O/c1-2-23-15(22-14-4-3-8-20-16(14)23)7-9-21-17(24)12-10-11(19)5-6-13(12)18/h3-6,8,10H,2,7,9H2,1H3,(H,21,24). The fraction of sp³-hybridized carbons (Fsp3) is 0.235. The lowest BCUT2D eigenvalue weighted by Gasteiger charge is -2.08. The number of nitrogens with one attached hydrogen (secondary N) is 1. The quantitative estimate of drug-likeness (QED) is 0.771. The van der Waals surface area contributed by atoms with Gasteiger partial charge in [-0.05, 0) is 37.3 Å². The number of aromatic nitrogens is 3. The zero-order chi connectivity index (χ0) is 17.1. The zero-order valence-electron chi connectivity index (χ0n) is 13.1. The van der Waals surface area contributed by atoms with Crippen LogP contribution in [-0.2, 0) is 13.0 Å². The molecule has 0 aliphatic heterocycles. The van der Waals surface area contributed by atoms with Gasteiger partial charge in [0.25, 0.3) is 5.91 Å². The highest BCUT2D eigenvalue weighted by molar-refractivity contribution is 6.33. The first kappa shape index (κ1) is 16.4. The van der Waals surface area contributed by atoms with Gasteiger partial charge >= 0.3 is 0 Å². The van der Waals surface area contributed by atoms with E-state index in [9.17, 15) is 9.18 Å². The minimum atomic E-state index is -0.497. The van der Waals surface area contributed by atoms with Gasteiger partial charge in [-0.2, -0.15) is 0 Å². The van der Waals surface area contributed by atoms with Gasteiger partial charge in [0.15, 0.2) is 5.65 Å². The maximum Gasteiger partial charge on any atom is 0.252 e. The Morgan fingerprint density at radius 2 is 2.21 bits per heavy atom. The molecule has 0 saturated heterocycles. The summed E-state index contributed by atoms with van der Waals surface area (Å²) in [5, 5.41) is 2.97. The van der Waals surface area contributed by atoms with Crippen LogP contribution in [0.2, 0.25) is 5.02 Å². The Hall–Kier alpha value is -2.47. The van der Waals surface area contributed by atoms with Crippen molar-refractivity contribution < 1.29 is 9.18 Å². The van der Waals surface area contributed by atoms with Gasteiger partial charge in [-0.25, -0.2) is 14.4 Å². The summed E-state index contributed by atoms with van der Waals surface area (Å²) >= 11 is 5.94. The number of imidazole rings is 1.